The fraction of sp³-hybridized carbons (Fsp3) is 0.611. The van der Waals surface area contributed by atoms with Gasteiger partial charge in [-0.05, 0) is 174 Å². The van der Waals surface area contributed by atoms with Gasteiger partial charge in [0.2, 0.25) is 0 Å². The highest BCUT2D eigenvalue weighted by atomic mass is 16.5. The lowest BCUT2D eigenvalue weighted by atomic mass is 9.72. The fourth-order valence-electron chi connectivity index (χ4n) is 9.99. The molecule has 1 N–H and O–H groups in total. The minimum atomic E-state index is -0.0752. The van der Waals surface area contributed by atoms with Crippen molar-refractivity contribution in [3.63, 3.8) is 0 Å². The van der Waals surface area contributed by atoms with Crippen LogP contribution in [0.3, 0.4) is 0 Å². The van der Waals surface area contributed by atoms with E-state index in [9.17, 15) is 14.4 Å². The normalized spacial score (nSPS) is 22.4. The molecule has 4 heterocycles. The van der Waals surface area contributed by atoms with Gasteiger partial charge in [-0.15, -0.1) is 0 Å². The minimum Gasteiger partial charge on any atom is -0.490 e. The van der Waals surface area contributed by atoms with Gasteiger partial charge in [-0.2, -0.15) is 0 Å². The fourth-order valence-corrected chi connectivity index (χ4v) is 9.99. The molecule has 2 aliphatic heterocycles. The number of hydrogen-bond donors (Lipinski definition) is 1. The Bertz CT molecular complexity index is 2150. The van der Waals surface area contributed by atoms with Gasteiger partial charge in [-0.25, -0.2) is 4.98 Å². The summed E-state index contributed by atoms with van der Waals surface area (Å²) in [4.78, 5) is 45.0. The van der Waals surface area contributed by atoms with Gasteiger partial charge in [-0.1, -0.05) is 53.7 Å². The van der Waals surface area contributed by atoms with Crippen molar-refractivity contribution in [2.24, 2.45) is 34.5 Å². The van der Waals surface area contributed by atoms with Crippen molar-refractivity contribution in [3.05, 3.63) is 72.1 Å². The second-order valence-electron chi connectivity index (χ2n) is 20.9. The van der Waals surface area contributed by atoms with Gasteiger partial charge in [0.25, 0.3) is 0 Å². The Hall–Kier alpha value is -4.61. The van der Waals surface area contributed by atoms with E-state index >= 15 is 0 Å². The van der Waals surface area contributed by atoms with Crippen LogP contribution in [-0.4, -0.2) is 85.7 Å². The first kappa shape index (κ1) is 49.8. The lowest BCUT2D eigenvalue weighted by Crippen LogP contribution is -2.36. The zero-order valence-electron chi connectivity index (χ0n) is 40.5. The van der Waals surface area contributed by atoms with E-state index in [4.69, 9.17) is 19.2 Å². The number of piperidine rings is 2. The Morgan fingerprint density at radius 3 is 1.54 bits per heavy atom. The summed E-state index contributed by atoms with van der Waals surface area (Å²) < 4.78 is 22.0. The van der Waals surface area contributed by atoms with Gasteiger partial charge in [0.15, 0.2) is 6.29 Å². The smallest absolute Gasteiger partial charge is 0.308 e. The molecular weight excluding hydrogens is 817 g/mol. The van der Waals surface area contributed by atoms with E-state index in [2.05, 4.69) is 91.8 Å². The van der Waals surface area contributed by atoms with Crippen LogP contribution in [0.4, 0.5) is 0 Å². The van der Waals surface area contributed by atoms with E-state index in [1.165, 1.54) is 39.9 Å². The van der Waals surface area contributed by atoms with E-state index in [0.717, 1.165) is 141 Å². The van der Waals surface area contributed by atoms with Gasteiger partial charge >= 0.3 is 11.9 Å². The molecule has 11 nitrogen and oxygen atoms in total. The summed E-state index contributed by atoms with van der Waals surface area (Å²) in [7, 11) is 2.92. The zero-order valence-corrected chi connectivity index (χ0v) is 40.5. The third-order valence-corrected chi connectivity index (χ3v) is 14.3. The second-order valence-corrected chi connectivity index (χ2v) is 20.9. The number of likely N-dealkylation sites (tertiary alicyclic amines) is 1. The Balaban J connectivity index is 0.000000184. The third-order valence-electron chi connectivity index (χ3n) is 14.3. The van der Waals surface area contributed by atoms with Gasteiger partial charge in [0.1, 0.15) is 17.2 Å². The number of hydrogen-bond acceptors (Lipinski definition) is 11. The molecule has 8 rings (SSSR count). The average Bonchev–Trinajstić information content (AvgIpc) is 3.31. The molecule has 4 aromatic rings. The van der Waals surface area contributed by atoms with Gasteiger partial charge in [0.05, 0.1) is 55.0 Å². The zero-order chi connectivity index (χ0) is 46.6. The van der Waals surface area contributed by atoms with Crippen LogP contribution in [0.15, 0.2) is 60.7 Å². The average molecular weight is 893 g/mol. The second kappa shape index (κ2) is 23.2. The molecule has 0 amide bonds. The first-order valence-corrected chi connectivity index (χ1v) is 24.3. The summed E-state index contributed by atoms with van der Waals surface area (Å²) >= 11 is 0. The van der Waals surface area contributed by atoms with Crippen molar-refractivity contribution in [2.75, 3.05) is 40.4 Å². The third kappa shape index (κ3) is 14.7. The van der Waals surface area contributed by atoms with Crippen molar-refractivity contribution in [1.82, 2.24) is 20.2 Å². The van der Waals surface area contributed by atoms with Gasteiger partial charge < -0.3 is 24.3 Å². The van der Waals surface area contributed by atoms with Crippen LogP contribution < -0.4 is 14.8 Å². The number of rotatable bonds is 9. The molecule has 2 aliphatic carbocycles. The monoisotopic (exact) mass is 893 g/mol. The van der Waals surface area contributed by atoms with E-state index in [1.54, 1.807) is 6.07 Å². The molecule has 4 fully saturated rings. The highest BCUT2D eigenvalue weighted by Crippen LogP contribution is 2.40. The van der Waals surface area contributed by atoms with E-state index in [-0.39, 0.29) is 23.8 Å². The predicted molar refractivity (Wildman–Crippen MR) is 258 cm³/mol. The number of carbonyl (C=O) groups is 3. The first-order chi connectivity index (χ1) is 31.1. The Morgan fingerprint density at radius 2 is 1.08 bits per heavy atom. The predicted octanol–water partition coefficient (Wildman–Crippen LogP) is 10.8. The topological polar surface area (TPSA) is 129 Å². The molecule has 0 radical (unpaired) electrons. The minimum absolute atomic E-state index is 0.0442. The Morgan fingerprint density at radius 1 is 0.615 bits per heavy atom. The summed E-state index contributed by atoms with van der Waals surface area (Å²) in [5.41, 5.74) is 4.17. The number of fused-ring (bicyclic) bond motifs is 2. The van der Waals surface area contributed by atoms with Crippen LogP contribution in [0.5, 0.6) is 11.5 Å². The maximum absolute atomic E-state index is 11.7. The molecule has 0 spiro atoms. The maximum atomic E-state index is 11.7. The number of nitrogens with zero attached hydrogens (tertiary/aromatic N) is 3. The molecule has 11 heteroatoms. The Labute approximate surface area is 388 Å². The lowest BCUT2D eigenvalue weighted by Gasteiger charge is -2.37. The number of methoxy groups -OCH3 is 2. The molecule has 2 aromatic carbocycles. The van der Waals surface area contributed by atoms with Crippen molar-refractivity contribution in [3.8, 4) is 11.5 Å². The number of carbonyl (C=O) groups excluding carboxylic acids is 3. The summed E-state index contributed by atoms with van der Waals surface area (Å²) in [6.45, 7) is 18.6. The number of ether oxygens (including phenoxy) is 4. The molecule has 0 unspecified atom stereocenters. The van der Waals surface area contributed by atoms with E-state index in [1.807, 2.05) is 24.3 Å². The standard InChI is InChI=1S/C27H38N2O3.C20H25NO2.C7H13NO2/c1-27(2,3)21-6-9-23(10-7-21)32-24-11-12-25-20(17-24)5-8-22(28-25)18-29-15-13-19(14-16-29)26(30)31-4;1-20(2,3)15-5-8-17(9-6-15)23-18-10-11-19-14(12-18)4-7-16(13-22)21-19;1-10-7(9)6-2-4-8-5-3-6/h5,8,11-12,17,19,21,23H,6-7,9-10,13-16,18H2,1-4H3;4,7,10-13,15,17H,5-6,8-9H2,1-3H3;6,8H,2-5H2,1H3. The van der Waals surface area contributed by atoms with Crippen molar-refractivity contribution in [1.29, 1.82) is 0 Å². The van der Waals surface area contributed by atoms with Crippen molar-refractivity contribution < 1.29 is 33.3 Å². The molecule has 0 atom stereocenters. The SMILES string of the molecule is CC(C)(C)C1CCC(Oc2ccc3nc(C=O)ccc3c2)CC1.COC(=O)C1CCN(Cc2ccc3cc(OC4CCC(C(C)(C)C)CC4)ccc3n2)CC1.COC(=O)C1CCNCC1. The maximum Gasteiger partial charge on any atom is 0.308 e. The summed E-state index contributed by atoms with van der Waals surface area (Å²) in [6.07, 6.45) is 14.5. The molecule has 2 saturated carbocycles. The highest BCUT2D eigenvalue weighted by molar-refractivity contribution is 5.84. The summed E-state index contributed by atoms with van der Waals surface area (Å²) in [6, 6.07) is 20.1. The number of aromatic nitrogens is 2. The molecule has 0 bridgehead atoms. The molecule has 2 saturated heterocycles. The van der Waals surface area contributed by atoms with Crippen LogP contribution in [-0.2, 0) is 25.6 Å². The molecule has 65 heavy (non-hydrogen) atoms. The van der Waals surface area contributed by atoms with Crippen LogP contribution in [0, 0.1) is 34.5 Å². The van der Waals surface area contributed by atoms with Crippen molar-refractivity contribution in [2.45, 2.75) is 137 Å². The lowest BCUT2D eigenvalue weighted by molar-refractivity contribution is -0.147. The van der Waals surface area contributed by atoms with Crippen LogP contribution in [0.25, 0.3) is 21.8 Å². The highest BCUT2D eigenvalue weighted by Gasteiger charge is 2.32. The molecule has 2 aromatic heterocycles. The van der Waals surface area contributed by atoms with Gasteiger partial charge in [-0.3, -0.25) is 24.3 Å². The number of esters is 2. The molecular formula is C54H76N4O7. The summed E-state index contributed by atoms with van der Waals surface area (Å²) in [5, 5.41) is 5.32. The number of benzene rings is 2. The number of nitrogens with one attached hydrogen (secondary N) is 1. The van der Waals surface area contributed by atoms with E-state index in [0.29, 0.717) is 28.7 Å². The Kier molecular flexibility index (Phi) is 17.8. The first-order valence-electron chi connectivity index (χ1n) is 24.3. The van der Waals surface area contributed by atoms with Crippen molar-refractivity contribution >= 4 is 40.0 Å². The quantitative estimate of drug-likeness (QED) is 0.127. The largest absolute Gasteiger partial charge is 0.490 e. The molecule has 4 aliphatic rings. The van der Waals surface area contributed by atoms with Crippen LogP contribution >= 0.6 is 0 Å². The van der Waals surface area contributed by atoms with Gasteiger partial charge in [0, 0.05) is 17.3 Å². The number of aldehydes is 1. The van der Waals surface area contributed by atoms with Crippen LogP contribution in [0.2, 0.25) is 0 Å². The van der Waals surface area contributed by atoms with E-state index < -0.39 is 0 Å². The number of pyridine rings is 2. The van der Waals surface area contributed by atoms with Crippen LogP contribution in [0.1, 0.15) is 135 Å². The summed E-state index contributed by atoms with van der Waals surface area (Å²) in [5.74, 6) is 3.51. The molecule has 354 valence electrons.